The zero-order valence-corrected chi connectivity index (χ0v) is 15.6. The molecule has 0 saturated carbocycles. The van der Waals surface area contributed by atoms with Crippen LogP contribution in [0.25, 0.3) is 10.8 Å². The highest BCUT2D eigenvalue weighted by Crippen LogP contribution is 2.52. The lowest BCUT2D eigenvalue weighted by Crippen LogP contribution is -2.04. The van der Waals surface area contributed by atoms with Crippen molar-refractivity contribution in [3.63, 3.8) is 0 Å². The number of phenolic OH excluding ortho intramolecular Hbond substituents is 1. The van der Waals surface area contributed by atoms with E-state index < -0.39 is 7.82 Å². The van der Waals surface area contributed by atoms with Gasteiger partial charge in [0.2, 0.25) is 0 Å². The van der Waals surface area contributed by atoms with Crippen molar-refractivity contribution < 1.29 is 23.2 Å². The monoisotopic (exact) mass is 352 g/mol. The summed E-state index contributed by atoms with van der Waals surface area (Å²) < 4.78 is 29.0. The van der Waals surface area contributed by atoms with Crippen molar-refractivity contribution in [2.75, 3.05) is 13.2 Å². The average molecular weight is 352 g/mol. The van der Waals surface area contributed by atoms with Crippen molar-refractivity contribution in [3.8, 4) is 11.5 Å². The quantitative estimate of drug-likeness (QED) is 0.659. The highest BCUT2D eigenvalue weighted by Gasteiger charge is 2.29. The van der Waals surface area contributed by atoms with Crippen LogP contribution in [0.2, 0.25) is 0 Å². The van der Waals surface area contributed by atoms with E-state index in [2.05, 4.69) is 6.92 Å². The van der Waals surface area contributed by atoms with Crippen LogP contribution < -0.4 is 4.52 Å². The Hall–Kier alpha value is -1.55. The van der Waals surface area contributed by atoms with E-state index in [9.17, 15) is 9.67 Å². The molecule has 0 amide bonds. The fourth-order valence-electron chi connectivity index (χ4n) is 2.59. The van der Waals surface area contributed by atoms with E-state index >= 15 is 0 Å². The summed E-state index contributed by atoms with van der Waals surface area (Å²) in [6.45, 7) is 7.90. The number of phenols is 1. The molecule has 0 radical (unpaired) electrons. The zero-order valence-electron chi connectivity index (χ0n) is 14.7. The van der Waals surface area contributed by atoms with Gasteiger partial charge < -0.3 is 9.63 Å². The molecule has 24 heavy (non-hydrogen) atoms. The van der Waals surface area contributed by atoms with E-state index in [1.807, 2.05) is 25.1 Å². The van der Waals surface area contributed by atoms with Crippen LogP contribution in [0.5, 0.6) is 11.5 Å². The SMILES string of the molecule is CCOP(=O)(OCC)Oc1c(CC)cc(O)c2cc(CC)ccc12. The Labute approximate surface area is 143 Å². The van der Waals surface area contributed by atoms with Crippen molar-refractivity contribution in [2.45, 2.75) is 40.5 Å². The maximum absolute atomic E-state index is 12.8. The van der Waals surface area contributed by atoms with Gasteiger partial charge in [0, 0.05) is 10.8 Å². The van der Waals surface area contributed by atoms with Crippen molar-refractivity contribution >= 4 is 18.6 Å². The number of hydrogen-bond acceptors (Lipinski definition) is 5. The predicted octanol–water partition coefficient (Wildman–Crippen LogP) is 5.23. The van der Waals surface area contributed by atoms with Gasteiger partial charge in [0.05, 0.1) is 13.2 Å². The summed E-state index contributed by atoms with van der Waals surface area (Å²) >= 11 is 0. The molecule has 2 aromatic carbocycles. The summed E-state index contributed by atoms with van der Waals surface area (Å²) in [6.07, 6.45) is 1.48. The molecule has 5 nitrogen and oxygen atoms in total. The second-order valence-electron chi connectivity index (χ2n) is 5.35. The number of benzene rings is 2. The Morgan fingerprint density at radius 2 is 1.62 bits per heavy atom. The van der Waals surface area contributed by atoms with E-state index in [1.54, 1.807) is 19.9 Å². The maximum Gasteiger partial charge on any atom is 0.530 e. The van der Waals surface area contributed by atoms with Crippen LogP contribution in [0, 0.1) is 0 Å². The lowest BCUT2D eigenvalue weighted by atomic mass is 10.00. The molecule has 0 aromatic heterocycles. The second-order valence-corrected chi connectivity index (χ2v) is 6.94. The summed E-state index contributed by atoms with van der Waals surface area (Å²) in [6, 6.07) is 7.42. The van der Waals surface area contributed by atoms with E-state index in [4.69, 9.17) is 13.6 Å². The molecule has 0 aliphatic heterocycles. The van der Waals surface area contributed by atoms with Gasteiger partial charge in [-0.25, -0.2) is 4.57 Å². The maximum atomic E-state index is 12.8. The van der Waals surface area contributed by atoms with Crippen LogP contribution in [-0.2, 0) is 26.5 Å². The first-order chi connectivity index (χ1) is 11.5. The Kier molecular flexibility index (Phi) is 6.27. The van der Waals surface area contributed by atoms with E-state index in [0.717, 1.165) is 17.5 Å². The molecule has 0 aliphatic rings. The average Bonchev–Trinajstić information content (AvgIpc) is 2.57. The van der Waals surface area contributed by atoms with Crippen molar-refractivity contribution in [3.05, 3.63) is 35.4 Å². The van der Waals surface area contributed by atoms with Crippen LogP contribution in [0.3, 0.4) is 0 Å². The van der Waals surface area contributed by atoms with E-state index in [0.29, 0.717) is 22.9 Å². The number of phosphoric ester groups is 1. The molecule has 2 rings (SSSR count). The summed E-state index contributed by atoms with van der Waals surface area (Å²) in [5, 5.41) is 11.7. The zero-order chi connectivity index (χ0) is 17.7. The molecule has 0 unspecified atom stereocenters. The summed E-state index contributed by atoms with van der Waals surface area (Å²) in [4.78, 5) is 0. The Balaban J connectivity index is 2.62. The highest BCUT2D eigenvalue weighted by atomic mass is 31.2. The Morgan fingerprint density at radius 3 is 2.17 bits per heavy atom. The third kappa shape index (κ3) is 3.92. The van der Waals surface area contributed by atoms with E-state index in [-0.39, 0.29) is 19.0 Å². The standard InChI is InChI=1S/C18H25O5P/c1-5-13-9-10-15-16(11-13)17(19)12-14(6-2)18(15)23-24(20,21-7-3)22-8-4/h9-12,19H,5-8H2,1-4H3. The second kappa shape index (κ2) is 8.02. The van der Waals surface area contributed by atoms with E-state index in [1.165, 1.54) is 0 Å². The lowest BCUT2D eigenvalue weighted by Gasteiger charge is -2.21. The first-order valence-corrected chi connectivity index (χ1v) is 9.80. The molecule has 0 fully saturated rings. The third-order valence-corrected chi connectivity index (χ3v) is 5.33. The van der Waals surface area contributed by atoms with Gasteiger partial charge in [-0.3, -0.25) is 9.05 Å². The van der Waals surface area contributed by atoms with Gasteiger partial charge in [0.25, 0.3) is 0 Å². The third-order valence-electron chi connectivity index (χ3n) is 3.77. The van der Waals surface area contributed by atoms with Gasteiger partial charge in [0.1, 0.15) is 11.5 Å². The first-order valence-electron chi connectivity index (χ1n) is 8.34. The number of rotatable bonds is 8. The minimum atomic E-state index is -3.70. The molecule has 6 heteroatoms. The molecule has 132 valence electrons. The highest BCUT2D eigenvalue weighted by molar-refractivity contribution is 7.48. The summed E-state index contributed by atoms with van der Waals surface area (Å²) in [5.74, 6) is 0.630. The molecule has 0 spiro atoms. The fourth-order valence-corrected chi connectivity index (χ4v) is 3.84. The molecule has 0 aliphatic carbocycles. The predicted molar refractivity (Wildman–Crippen MR) is 95.9 cm³/mol. The van der Waals surface area contributed by atoms with Crippen LogP contribution in [0.4, 0.5) is 0 Å². The molecule has 0 heterocycles. The number of phosphoric acid groups is 1. The molecule has 0 atom stereocenters. The van der Waals surface area contributed by atoms with Gasteiger partial charge in [-0.15, -0.1) is 0 Å². The van der Waals surface area contributed by atoms with Crippen LogP contribution in [0.15, 0.2) is 24.3 Å². The number of fused-ring (bicyclic) bond motifs is 1. The minimum absolute atomic E-state index is 0.187. The first kappa shape index (κ1) is 18.8. The molecular formula is C18H25O5P. The number of hydrogen-bond donors (Lipinski definition) is 1. The summed E-state index contributed by atoms with van der Waals surface area (Å²) in [5.41, 5.74) is 1.86. The molecule has 0 saturated heterocycles. The number of aromatic hydroxyl groups is 1. The Bertz CT molecular complexity index is 747. The molecule has 0 bridgehead atoms. The van der Waals surface area contributed by atoms with Crippen molar-refractivity contribution in [2.24, 2.45) is 0 Å². The summed E-state index contributed by atoms with van der Waals surface area (Å²) in [7, 11) is -3.70. The van der Waals surface area contributed by atoms with Crippen LogP contribution in [-0.4, -0.2) is 18.3 Å². The smallest absolute Gasteiger partial charge is 0.507 e. The van der Waals surface area contributed by atoms with Gasteiger partial charge in [0.15, 0.2) is 0 Å². The molecule has 2 aromatic rings. The lowest BCUT2D eigenvalue weighted by molar-refractivity contribution is 0.167. The van der Waals surface area contributed by atoms with Crippen molar-refractivity contribution in [1.82, 2.24) is 0 Å². The topological polar surface area (TPSA) is 65.0 Å². The normalized spacial score (nSPS) is 11.8. The fraction of sp³-hybridized carbons (Fsp3) is 0.444. The molecule has 1 N–H and O–H groups in total. The minimum Gasteiger partial charge on any atom is -0.507 e. The molecular weight excluding hydrogens is 327 g/mol. The number of aryl methyl sites for hydroxylation is 2. The van der Waals surface area contributed by atoms with Crippen molar-refractivity contribution in [1.29, 1.82) is 0 Å². The van der Waals surface area contributed by atoms with Gasteiger partial charge in [-0.2, -0.15) is 0 Å². The Morgan fingerprint density at radius 1 is 0.958 bits per heavy atom. The van der Waals surface area contributed by atoms with Crippen LogP contribution >= 0.6 is 7.82 Å². The van der Waals surface area contributed by atoms with Gasteiger partial charge >= 0.3 is 7.82 Å². The largest absolute Gasteiger partial charge is 0.530 e. The van der Waals surface area contributed by atoms with Gasteiger partial charge in [-0.05, 0) is 49.9 Å². The van der Waals surface area contributed by atoms with Crippen LogP contribution in [0.1, 0.15) is 38.8 Å². The van der Waals surface area contributed by atoms with Gasteiger partial charge in [-0.1, -0.05) is 26.0 Å².